The van der Waals surface area contributed by atoms with Crippen molar-refractivity contribution in [1.82, 2.24) is 5.32 Å². The van der Waals surface area contributed by atoms with Crippen LogP contribution in [-0.4, -0.2) is 25.0 Å². The van der Waals surface area contributed by atoms with Crippen LogP contribution >= 0.6 is 11.3 Å². The van der Waals surface area contributed by atoms with Crippen molar-refractivity contribution in [3.8, 4) is 0 Å². The Bertz CT molecular complexity index is 893. The number of nitrogens with one attached hydrogen (secondary N) is 2. The van der Waals surface area contributed by atoms with Crippen molar-refractivity contribution in [3.05, 3.63) is 88.1 Å². The molecule has 0 bridgehead atoms. The Morgan fingerprint density at radius 2 is 1.75 bits per heavy atom. The summed E-state index contributed by atoms with van der Waals surface area (Å²) in [6.45, 7) is 2.26. The van der Waals surface area contributed by atoms with Gasteiger partial charge < -0.3 is 10.1 Å². The first-order valence-electron chi connectivity index (χ1n) is 9.06. The topological polar surface area (TPSA) is 67.4 Å². The fraction of sp³-hybridized carbons (Fsp3) is 0.182. The minimum atomic E-state index is -0.372. The van der Waals surface area contributed by atoms with E-state index >= 15 is 0 Å². The lowest BCUT2D eigenvalue weighted by molar-refractivity contribution is -0.115. The summed E-state index contributed by atoms with van der Waals surface area (Å²) >= 11 is 1.65. The van der Waals surface area contributed by atoms with Crippen LogP contribution in [0.3, 0.4) is 0 Å². The van der Waals surface area contributed by atoms with Gasteiger partial charge in [-0.15, -0.1) is 11.3 Å². The van der Waals surface area contributed by atoms with E-state index in [2.05, 4.69) is 16.7 Å². The normalized spacial score (nSPS) is 11.6. The second-order valence-electron chi connectivity index (χ2n) is 6.09. The van der Waals surface area contributed by atoms with Gasteiger partial charge in [0.05, 0.1) is 24.8 Å². The van der Waals surface area contributed by atoms with E-state index < -0.39 is 0 Å². The van der Waals surface area contributed by atoms with Crippen LogP contribution < -0.4 is 10.6 Å². The van der Waals surface area contributed by atoms with Gasteiger partial charge in [-0.1, -0.05) is 36.4 Å². The summed E-state index contributed by atoms with van der Waals surface area (Å²) in [6, 6.07) is 20.7. The first-order chi connectivity index (χ1) is 13.7. The quantitative estimate of drug-likeness (QED) is 0.561. The second-order valence-corrected chi connectivity index (χ2v) is 7.07. The van der Waals surface area contributed by atoms with Gasteiger partial charge in [0.15, 0.2) is 0 Å². The predicted molar refractivity (Wildman–Crippen MR) is 112 cm³/mol. The average molecular weight is 394 g/mol. The maximum Gasteiger partial charge on any atom is 0.338 e. The minimum absolute atomic E-state index is 0.0434. The summed E-state index contributed by atoms with van der Waals surface area (Å²) in [5.41, 5.74) is 2.20. The smallest absolute Gasteiger partial charge is 0.338 e. The number of esters is 1. The molecule has 0 fully saturated rings. The molecule has 0 aliphatic carbocycles. The number of carbonyl (C=O) groups excluding carboxylic acids is 2. The number of hydrogen-bond donors (Lipinski definition) is 2. The number of amides is 1. The van der Waals surface area contributed by atoms with E-state index in [0.29, 0.717) is 17.9 Å². The molecule has 6 heteroatoms. The highest BCUT2D eigenvalue weighted by Gasteiger charge is 2.16. The van der Waals surface area contributed by atoms with Gasteiger partial charge in [0, 0.05) is 10.6 Å². The molecule has 2 aromatic carbocycles. The molecular formula is C22H22N2O3S. The molecule has 1 amide bonds. The molecule has 2 N–H and O–H groups in total. The SMILES string of the molecule is CCOC(=O)c1ccc(NC(=O)CN[C@H](c2ccccc2)c2cccs2)cc1. The van der Waals surface area contributed by atoms with Crippen LogP contribution in [0, 0.1) is 0 Å². The molecule has 0 unspecified atom stereocenters. The lowest BCUT2D eigenvalue weighted by Gasteiger charge is -2.18. The van der Waals surface area contributed by atoms with Gasteiger partial charge in [0.2, 0.25) is 5.91 Å². The highest BCUT2D eigenvalue weighted by Crippen LogP contribution is 2.25. The number of hydrogen-bond acceptors (Lipinski definition) is 5. The Morgan fingerprint density at radius 3 is 2.39 bits per heavy atom. The van der Waals surface area contributed by atoms with Crippen LogP contribution in [0.4, 0.5) is 5.69 Å². The van der Waals surface area contributed by atoms with Gasteiger partial charge in [-0.25, -0.2) is 4.79 Å². The maximum atomic E-state index is 12.4. The third-order valence-corrected chi connectivity index (χ3v) is 5.04. The van der Waals surface area contributed by atoms with E-state index in [1.807, 2.05) is 41.8 Å². The van der Waals surface area contributed by atoms with Gasteiger partial charge >= 0.3 is 5.97 Å². The van der Waals surface area contributed by atoms with E-state index in [1.54, 1.807) is 42.5 Å². The molecule has 144 valence electrons. The maximum absolute atomic E-state index is 12.4. The molecule has 5 nitrogen and oxygen atoms in total. The first-order valence-corrected chi connectivity index (χ1v) is 9.94. The molecule has 0 spiro atoms. The van der Waals surface area contributed by atoms with Crippen LogP contribution in [0.1, 0.15) is 33.8 Å². The monoisotopic (exact) mass is 394 g/mol. The van der Waals surface area contributed by atoms with Crippen molar-refractivity contribution in [1.29, 1.82) is 0 Å². The molecule has 0 saturated carbocycles. The fourth-order valence-electron chi connectivity index (χ4n) is 2.79. The summed E-state index contributed by atoms with van der Waals surface area (Å²) in [4.78, 5) is 25.2. The number of thiophene rings is 1. The lowest BCUT2D eigenvalue weighted by atomic mass is 10.1. The minimum Gasteiger partial charge on any atom is -0.462 e. The van der Waals surface area contributed by atoms with Crippen molar-refractivity contribution in [2.24, 2.45) is 0 Å². The Hall–Kier alpha value is -2.96. The lowest BCUT2D eigenvalue weighted by Crippen LogP contribution is -2.31. The second kappa shape index (κ2) is 9.82. The molecular weight excluding hydrogens is 372 g/mol. The first kappa shape index (κ1) is 19.8. The van der Waals surface area contributed by atoms with Crippen LogP contribution in [0.25, 0.3) is 0 Å². The van der Waals surface area contributed by atoms with Crippen molar-refractivity contribution in [2.45, 2.75) is 13.0 Å². The number of ether oxygens (including phenoxy) is 1. The molecule has 1 atom stereocenters. The van der Waals surface area contributed by atoms with Gasteiger partial charge in [-0.2, -0.15) is 0 Å². The van der Waals surface area contributed by atoms with Crippen LogP contribution in [0.15, 0.2) is 72.1 Å². The number of benzene rings is 2. The summed E-state index contributed by atoms with van der Waals surface area (Å²) in [7, 11) is 0. The summed E-state index contributed by atoms with van der Waals surface area (Å²) in [5, 5.41) is 8.20. The van der Waals surface area contributed by atoms with E-state index in [9.17, 15) is 9.59 Å². The van der Waals surface area contributed by atoms with E-state index in [0.717, 1.165) is 10.4 Å². The Balaban J connectivity index is 1.60. The van der Waals surface area contributed by atoms with Crippen molar-refractivity contribution >= 4 is 28.9 Å². The highest BCUT2D eigenvalue weighted by atomic mass is 32.1. The average Bonchev–Trinajstić information content (AvgIpc) is 3.24. The summed E-state index contributed by atoms with van der Waals surface area (Å²) in [6.07, 6.45) is 0. The molecule has 0 saturated heterocycles. The highest BCUT2D eigenvalue weighted by molar-refractivity contribution is 7.10. The van der Waals surface area contributed by atoms with Gasteiger partial charge in [-0.3, -0.25) is 10.1 Å². The summed E-state index contributed by atoms with van der Waals surface area (Å²) < 4.78 is 4.96. The number of carbonyl (C=O) groups is 2. The van der Waals surface area contributed by atoms with Crippen molar-refractivity contribution in [3.63, 3.8) is 0 Å². The predicted octanol–water partition coefficient (Wildman–Crippen LogP) is 4.24. The summed E-state index contributed by atoms with van der Waals surface area (Å²) in [5.74, 6) is -0.523. The largest absolute Gasteiger partial charge is 0.462 e. The Kier molecular flexibility index (Phi) is 6.94. The van der Waals surface area contributed by atoms with Crippen molar-refractivity contribution < 1.29 is 14.3 Å². The molecule has 1 heterocycles. The zero-order valence-corrected chi connectivity index (χ0v) is 16.4. The molecule has 0 radical (unpaired) electrons. The molecule has 0 aliphatic heterocycles. The molecule has 0 aliphatic rings. The van der Waals surface area contributed by atoms with E-state index in [4.69, 9.17) is 4.74 Å². The third-order valence-electron chi connectivity index (χ3n) is 4.11. The fourth-order valence-corrected chi connectivity index (χ4v) is 3.61. The van der Waals surface area contributed by atoms with Gasteiger partial charge in [0.1, 0.15) is 0 Å². The van der Waals surface area contributed by atoms with Gasteiger partial charge in [0.25, 0.3) is 0 Å². The van der Waals surface area contributed by atoms with Crippen molar-refractivity contribution in [2.75, 3.05) is 18.5 Å². The number of anilines is 1. The Labute approximate surface area is 168 Å². The van der Waals surface area contributed by atoms with Crippen LogP contribution in [0.5, 0.6) is 0 Å². The third kappa shape index (κ3) is 5.28. The van der Waals surface area contributed by atoms with Crippen LogP contribution in [-0.2, 0) is 9.53 Å². The van der Waals surface area contributed by atoms with Gasteiger partial charge in [-0.05, 0) is 48.2 Å². The zero-order valence-electron chi connectivity index (χ0n) is 15.6. The zero-order chi connectivity index (χ0) is 19.8. The standard InChI is InChI=1S/C22H22N2O3S/c1-2-27-22(26)17-10-12-18(13-11-17)24-20(25)15-23-21(19-9-6-14-28-19)16-7-4-3-5-8-16/h3-14,21,23H,2,15H2,1H3,(H,24,25)/t21-/m1/s1. The molecule has 3 aromatic rings. The molecule has 28 heavy (non-hydrogen) atoms. The molecule has 3 rings (SSSR count). The van der Waals surface area contributed by atoms with Crippen LogP contribution in [0.2, 0.25) is 0 Å². The van der Waals surface area contributed by atoms with E-state index in [-0.39, 0.29) is 24.5 Å². The van der Waals surface area contributed by atoms with E-state index in [1.165, 1.54) is 0 Å². The Morgan fingerprint density at radius 1 is 1.00 bits per heavy atom. The molecule has 1 aromatic heterocycles. The number of rotatable bonds is 8.